The predicted octanol–water partition coefficient (Wildman–Crippen LogP) is 2.54. The van der Waals surface area contributed by atoms with E-state index in [2.05, 4.69) is 20.7 Å². The fraction of sp³-hybridized carbons (Fsp3) is 1.00. The van der Waals surface area contributed by atoms with Gasteiger partial charge in [-0.2, -0.15) is 0 Å². The van der Waals surface area contributed by atoms with E-state index in [1.807, 2.05) is 0 Å². The summed E-state index contributed by atoms with van der Waals surface area (Å²) in [5.74, 6) is 0. The quantitative estimate of drug-likeness (QED) is 0.476. The summed E-state index contributed by atoms with van der Waals surface area (Å²) in [5.41, 5.74) is 0. The molecule has 7 heavy (non-hydrogen) atoms. The van der Waals surface area contributed by atoms with Crippen molar-refractivity contribution >= 4 is 6.71 Å². The highest BCUT2D eigenvalue weighted by Crippen LogP contribution is 1.99. The summed E-state index contributed by atoms with van der Waals surface area (Å²) >= 11 is 0. The SMILES string of the molecule is CCCB(C)CC. The minimum atomic E-state index is 0.949. The van der Waals surface area contributed by atoms with Crippen LogP contribution in [0.15, 0.2) is 0 Å². The maximum atomic E-state index is 2.31. The maximum Gasteiger partial charge on any atom is 0.136 e. The average molecular weight is 98.0 g/mol. The van der Waals surface area contributed by atoms with E-state index < -0.39 is 0 Å². The molecule has 0 aromatic rings. The Morgan fingerprint density at radius 1 is 1.29 bits per heavy atom. The van der Waals surface area contributed by atoms with Crippen LogP contribution in [-0.2, 0) is 0 Å². The van der Waals surface area contributed by atoms with Crippen LogP contribution in [0, 0.1) is 0 Å². The van der Waals surface area contributed by atoms with Crippen LogP contribution in [0.2, 0.25) is 19.5 Å². The highest BCUT2D eigenvalue weighted by atomic mass is 13.7. The Kier molecular flexibility index (Phi) is 4.27. The lowest BCUT2D eigenvalue weighted by atomic mass is 9.47. The standard InChI is InChI=1S/C6H15B/c1-4-6-7(3)5-2/h4-6H2,1-3H3. The van der Waals surface area contributed by atoms with Gasteiger partial charge in [-0.1, -0.05) is 39.7 Å². The van der Waals surface area contributed by atoms with Crippen molar-refractivity contribution in [2.45, 2.75) is 39.7 Å². The van der Waals surface area contributed by atoms with Crippen molar-refractivity contribution in [1.82, 2.24) is 0 Å². The van der Waals surface area contributed by atoms with E-state index in [1.165, 1.54) is 19.1 Å². The topological polar surface area (TPSA) is 0 Å². The Bertz CT molecular complexity index is 35.2. The lowest BCUT2D eigenvalue weighted by Gasteiger charge is -1.97. The molecule has 0 fully saturated rings. The highest BCUT2D eigenvalue weighted by molar-refractivity contribution is 6.57. The molecule has 0 spiro atoms. The van der Waals surface area contributed by atoms with Gasteiger partial charge in [0, 0.05) is 0 Å². The molecule has 0 radical (unpaired) electrons. The first kappa shape index (κ1) is 7.06. The molecule has 0 aromatic carbocycles. The first-order valence-electron chi connectivity index (χ1n) is 3.31. The Balaban J connectivity index is 2.83. The molecule has 0 N–H and O–H groups in total. The first-order valence-corrected chi connectivity index (χ1v) is 3.31. The summed E-state index contributed by atoms with van der Waals surface area (Å²) in [7, 11) is 0. The van der Waals surface area contributed by atoms with Crippen LogP contribution in [0.3, 0.4) is 0 Å². The second-order valence-corrected chi connectivity index (χ2v) is 2.30. The van der Waals surface area contributed by atoms with Crippen LogP contribution in [-0.4, -0.2) is 6.71 Å². The van der Waals surface area contributed by atoms with E-state index in [4.69, 9.17) is 0 Å². The van der Waals surface area contributed by atoms with Crippen LogP contribution in [0.25, 0.3) is 0 Å². The predicted molar refractivity (Wildman–Crippen MR) is 37.2 cm³/mol. The zero-order valence-corrected chi connectivity index (χ0v) is 5.70. The molecule has 0 aromatic heterocycles. The molecule has 0 heterocycles. The molecular weight excluding hydrogens is 82.9 g/mol. The van der Waals surface area contributed by atoms with Crippen LogP contribution < -0.4 is 0 Å². The maximum absolute atomic E-state index is 2.31. The summed E-state index contributed by atoms with van der Waals surface area (Å²) < 4.78 is 0. The van der Waals surface area contributed by atoms with Gasteiger partial charge in [-0.05, 0) is 0 Å². The second-order valence-electron chi connectivity index (χ2n) is 2.30. The second kappa shape index (κ2) is 4.23. The third-order valence-corrected chi connectivity index (χ3v) is 1.48. The van der Waals surface area contributed by atoms with Crippen LogP contribution in [0.5, 0.6) is 0 Å². The van der Waals surface area contributed by atoms with Crippen LogP contribution in [0.1, 0.15) is 20.3 Å². The van der Waals surface area contributed by atoms with E-state index >= 15 is 0 Å². The minimum absolute atomic E-state index is 0.949. The normalized spacial score (nSPS) is 9.00. The van der Waals surface area contributed by atoms with E-state index in [1.54, 1.807) is 0 Å². The van der Waals surface area contributed by atoms with Gasteiger partial charge in [-0.25, -0.2) is 0 Å². The molecule has 0 aliphatic rings. The van der Waals surface area contributed by atoms with E-state index in [9.17, 15) is 0 Å². The van der Waals surface area contributed by atoms with E-state index in [0.29, 0.717) is 0 Å². The fourth-order valence-electron chi connectivity index (χ4n) is 0.697. The molecule has 0 aliphatic heterocycles. The highest BCUT2D eigenvalue weighted by Gasteiger charge is 1.98. The Morgan fingerprint density at radius 3 is 2.00 bits per heavy atom. The van der Waals surface area contributed by atoms with Crippen molar-refractivity contribution in [3.8, 4) is 0 Å². The van der Waals surface area contributed by atoms with Crippen LogP contribution >= 0.6 is 0 Å². The lowest BCUT2D eigenvalue weighted by Crippen LogP contribution is -2.01. The van der Waals surface area contributed by atoms with Crippen LogP contribution in [0.4, 0.5) is 0 Å². The van der Waals surface area contributed by atoms with Gasteiger partial charge in [0.2, 0.25) is 0 Å². The molecule has 0 atom stereocenters. The van der Waals surface area contributed by atoms with Gasteiger partial charge in [0.05, 0.1) is 0 Å². The molecule has 0 nitrogen and oxygen atoms in total. The number of rotatable bonds is 3. The van der Waals surface area contributed by atoms with E-state index in [0.717, 1.165) is 6.71 Å². The zero-order valence-electron chi connectivity index (χ0n) is 5.70. The van der Waals surface area contributed by atoms with Gasteiger partial charge in [0.15, 0.2) is 0 Å². The molecule has 0 bridgehead atoms. The van der Waals surface area contributed by atoms with Gasteiger partial charge >= 0.3 is 0 Å². The monoisotopic (exact) mass is 98.1 g/mol. The molecule has 0 aliphatic carbocycles. The third kappa shape index (κ3) is 3.91. The van der Waals surface area contributed by atoms with Crippen molar-refractivity contribution < 1.29 is 0 Å². The molecule has 42 valence electrons. The first-order chi connectivity index (χ1) is 3.31. The molecular formula is C6H15B. The number of hydrogen-bond acceptors (Lipinski definition) is 0. The van der Waals surface area contributed by atoms with Gasteiger partial charge in [0.1, 0.15) is 6.71 Å². The minimum Gasteiger partial charge on any atom is -0.0861 e. The molecule has 0 rings (SSSR count). The van der Waals surface area contributed by atoms with E-state index in [-0.39, 0.29) is 0 Å². The van der Waals surface area contributed by atoms with Gasteiger partial charge in [-0.3, -0.25) is 0 Å². The zero-order chi connectivity index (χ0) is 5.70. The Labute approximate surface area is 47.4 Å². The van der Waals surface area contributed by atoms with Crippen molar-refractivity contribution in [1.29, 1.82) is 0 Å². The average Bonchev–Trinajstić information content (AvgIpc) is 1.68. The molecule has 0 amide bonds. The van der Waals surface area contributed by atoms with Crippen molar-refractivity contribution in [2.24, 2.45) is 0 Å². The fourth-order valence-corrected chi connectivity index (χ4v) is 0.697. The number of hydrogen-bond donors (Lipinski definition) is 0. The molecule has 0 saturated heterocycles. The largest absolute Gasteiger partial charge is 0.136 e. The van der Waals surface area contributed by atoms with Gasteiger partial charge in [0.25, 0.3) is 0 Å². The Morgan fingerprint density at radius 2 is 1.86 bits per heavy atom. The van der Waals surface area contributed by atoms with Gasteiger partial charge in [-0.15, -0.1) is 0 Å². The smallest absolute Gasteiger partial charge is 0.0861 e. The van der Waals surface area contributed by atoms with Crippen molar-refractivity contribution in [3.63, 3.8) is 0 Å². The molecule has 0 unspecified atom stereocenters. The lowest BCUT2D eigenvalue weighted by molar-refractivity contribution is 1.05. The Hall–Kier alpha value is 0.0649. The molecule has 1 heteroatoms. The van der Waals surface area contributed by atoms with Crippen molar-refractivity contribution in [2.75, 3.05) is 0 Å². The summed E-state index contributed by atoms with van der Waals surface area (Å²) in [6.07, 6.45) is 4.08. The summed E-state index contributed by atoms with van der Waals surface area (Å²) in [5, 5.41) is 0. The van der Waals surface area contributed by atoms with Crippen molar-refractivity contribution in [3.05, 3.63) is 0 Å². The summed E-state index contributed by atoms with van der Waals surface area (Å²) in [6.45, 7) is 7.75. The summed E-state index contributed by atoms with van der Waals surface area (Å²) in [6, 6.07) is 0. The third-order valence-electron chi connectivity index (χ3n) is 1.48. The molecule has 0 saturated carbocycles. The summed E-state index contributed by atoms with van der Waals surface area (Å²) in [4.78, 5) is 0. The van der Waals surface area contributed by atoms with Gasteiger partial charge < -0.3 is 0 Å².